The van der Waals surface area contributed by atoms with Crippen LogP contribution in [0.15, 0.2) is 65.1 Å². The van der Waals surface area contributed by atoms with Gasteiger partial charge < -0.3 is 11.1 Å². The molecule has 1 aliphatic rings. The number of hydrogen-bond donors (Lipinski definition) is 2. The summed E-state index contributed by atoms with van der Waals surface area (Å²) in [6, 6.07) is 6.25. The number of hydrogen-bond acceptors (Lipinski definition) is 3. The summed E-state index contributed by atoms with van der Waals surface area (Å²) in [6.07, 6.45) is -0.00426. The molecule has 8 heteroatoms. The van der Waals surface area contributed by atoms with Gasteiger partial charge in [-0.25, -0.2) is 13.2 Å². The van der Waals surface area contributed by atoms with Gasteiger partial charge in [0, 0.05) is 28.3 Å². The quantitative estimate of drug-likeness (QED) is 0.654. The third-order valence-corrected chi connectivity index (χ3v) is 5.11. The average molecular weight is 426 g/mol. The van der Waals surface area contributed by atoms with E-state index in [2.05, 4.69) is 16.9 Å². The van der Waals surface area contributed by atoms with Crippen LogP contribution in [0.1, 0.15) is 37.6 Å². The fraction of sp³-hybridized carbons (Fsp3) is 0.333. The van der Waals surface area contributed by atoms with Crippen LogP contribution >= 0.6 is 11.6 Å². The van der Waals surface area contributed by atoms with Crippen molar-refractivity contribution in [2.24, 2.45) is 10.7 Å². The van der Waals surface area contributed by atoms with Crippen molar-refractivity contribution in [3.8, 4) is 0 Å². The van der Waals surface area contributed by atoms with Crippen LogP contribution < -0.4 is 11.1 Å². The van der Waals surface area contributed by atoms with Crippen LogP contribution in [0.4, 0.5) is 13.2 Å². The molecule has 3 N–H and O–H groups in total. The van der Waals surface area contributed by atoms with Crippen molar-refractivity contribution in [1.82, 2.24) is 5.32 Å². The van der Waals surface area contributed by atoms with E-state index in [4.69, 9.17) is 17.3 Å². The fourth-order valence-corrected chi connectivity index (χ4v) is 2.89. The van der Waals surface area contributed by atoms with Crippen LogP contribution in [0.2, 0.25) is 5.02 Å². The Kier molecular flexibility index (Phi) is 6.63. The summed E-state index contributed by atoms with van der Waals surface area (Å²) in [7, 11) is 0. The maximum atomic E-state index is 14.6. The molecular formula is C21H23ClF3N3O. The predicted molar refractivity (Wildman–Crippen MR) is 110 cm³/mol. The molecule has 1 aromatic rings. The molecule has 1 aliphatic heterocycles. The molecule has 156 valence electrons. The highest BCUT2D eigenvalue weighted by molar-refractivity contribution is 6.30. The highest BCUT2D eigenvalue weighted by Crippen LogP contribution is 2.40. The third kappa shape index (κ3) is 5.09. The smallest absolute Gasteiger partial charge is 0.255 e. The fourth-order valence-electron chi connectivity index (χ4n) is 2.77. The molecule has 0 radical (unpaired) electrons. The minimum Gasteiger partial charge on any atom is -0.385 e. The SMILES string of the molecule is C=C(/C(F)=C\C=C(/C)NC(=O)c1ccc(Cl)cc1)[C@@]1(C)N=C(N)[C@](C)(F)C[C@@H]1F. The molecule has 0 aromatic heterocycles. The predicted octanol–water partition coefficient (Wildman–Crippen LogP) is 4.97. The number of rotatable bonds is 5. The zero-order valence-electron chi connectivity index (χ0n) is 16.4. The van der Waals surface area contributed by atoms with Gasteiger partial charge in [-0.1, -0.05) is 18.2 Å². The van der Waals surface area contributed by atoms with Gasteiger partial charge in [0.1, 0.15) is 23.4 Å². The van der Waals surface area contributed by atoms with E-state index in [0.717, 1.165) is 13.0 Å². The van der Waals surface area contributed by atoms with E-state index in [1.165, 1.54) is 13.0 Å². The van der Waals surface area contributed by atoms with E-state index in [1.54, 1.807) is 31.2 Å². The van der Waals surface area contributed by atoms with Gasteiger partial charge in [0.05, 0.1) is 0 Å². The Morgan fingerprint density at radius 3 is 2.52 bits per heavy atom. The maximum Gasteiger partial charge on any atom is 0.255 e. The van der Waals surface area contributed by atoms with E-state index in [9.17, 15) is 18.0 Å². The van der Waals surface area contributed by atoms with Gasteiger partial charge in [-0.05, 0) is 57.2 Å². The number of halogens is 4. The van der Waals surface area contributed by atoms with E-state index in [0.29, 0.717) is 16.3 Å². The molecule has 0 fully saturated rings. The van der Waals surface area contributed by atoms with E-state index in [1.807, 2.05) is 0 Å². The van der Waals surface area contributed by atoms with Crippen LogP contribution in [0.5, 0.6) is 0 Å². The molecule has 1 aromatic carbocycles. The first-order chi connectivity index (χ1) is 13.4. The molecule has 29 heavy (non-hydrogen) atoms. The summed E-state index contributed by atoms with van der Waals surface area (Å²) in [4.78, 5) is 16.0. The lowest BCUT2D eigenvalue weighted by atomic mass is 9.79. The van der Waals surface area contributed by atoms with Crippen LogP contribution in [0, 0.1) is 0 Å². The Hall–Kier alpha value is -2.54. The van der Waals surface area contributed by atoms with Crippen molar-refractivity contribution in [3.63, 3.8) is 0 Å². The van der Waals surface area contributed by atoms with Gasteiger partial charge in [-0.2, -0.15) is 0 Å². The summed E-state index contributed by atoms with van der Waals surface area (Å²) in [5.74, 6) is -1.65. The molecule has 1 amide bonds. The van der Waals surface area contributed by atoms with Crippen molar-refractivity contribution in [2.75, 3.05) is 0 Å². The summed E-state index contributed by atoms with van der Waals surface area (Å²) < 4.78 is 43.3. The molecule has 0 saturated heterocycles. The van der Waals surface area contributed by atoms with Crippen LogP contribution in [-0.2, 0) is 0 Å². The molecule has 2 rings (SSSR count). The highest BCUT2D eigenvalue weighted by Gasteiger charge is 2.49. The summed E-state index contributed by atoms with van der Waals surface area (Å²) in [5.41, 5.74) is 2.23. The van der Waals surface area contributed by atoms with Gasteiger partial charge >= 0.3 is 0 Å². The van der Waals surface area contributed by atoms with E-state index < -0.39 is 41.4 Å². The van der Waals surface area contributed by atoms with Crippen molar-refractivity contribution in [1.29, 1.82) is 0 Å². The molecule has 4 nitrogen and oxygen atoms in total. The zero-order chi connectivity index (χ0) is 22.0. The van der Waals surface area contributed by atoms with Crippen LogP contribution in [0.3, 0.4) is 0 Å². The Morgan fingerprint density at radius 1 is 1.34 bits per heavy atom. The second-order valence-corrected chi connectivity index (χ2v) is 7.75. The van der Waals surface area contributed by atoms with Crippen molar-refractivity contribution < 1.29 is 18.0 Å². The molecule has 0 saturated carbocycles. The minimum absolute atomic E-state index is 0.267. The third-order valence-electron chi connectivity index (χ3n) is 4.86. The lowest BCUT2D eigenvalue weighted by molar-refractivity contribution is 0.0966. The number of benzene rings is 1. The summed E-state index contributed by atoms with van der Waals surface area (Å²) in [5, 5.41) is 3.09. The van der Waals surface area contributed by atoms with Crippen molar-refractivity contribution in [2.45, 2.75) is 44.6 Å². The molecule has 3 atom stereocenters. The van der Waals surface area contributed by atoms with Gasteiger partial charge in [0.2, 0.25) is 0 Å². The number of aliphatic imine (C=N–C) groups is 1. The highest BCUT2D eigenvalue weighted by atomic mass is 35.5. The number of carbonyl (C=O) groups excluding carboxylic acids is 1. The Balaban J connectivity index is 2.15. The van der Waals surface area contributed by atoms with Gasteiger partial charge in [0.25, 0.3) is 5.91 Å². The summed E-state index contributed by atoms with van der Waals surface area (Å²) in [6.45, 7) is 7.58. The normalized spacial score (nSPS) is 28.0. The first-order valence-corrected chi connectivity index (χ1v) is 9.24. The number of nitrogens with zero attached hydrogens (tertiary/aromatic N) is 1. The number of nitrogens with two attached hydrogens (primary N) is 1. The van der Waals surface area contributed by atoms with Crippen LogP contribution in [-0.4, -0.2) is 29.1 Å². The zero-order valence-corrected chi connectivity index (χ0v) is 17.2. The number of amides is 1. The number of alkyl halides is 2. The van der Waals surface area contributed by atoms with Crippen molar-refractivity contribution in [3.05, 3.63) is 70.7 Å². The monoisotopic (exact) mass is 425 g/mol. The van der Waals surface area contributed by atoms with E-state index >= 15 is 0 Å². The molecule has 0 unspecified atom stereocenters. The lowest BCUT2D eigenvalue weighted by Gasteiger charge is -2.39. The number of amidine groups is 1. The van der Waals surface area contributed by atoms with Crippen LogP contribution in [0.25, 0.3) is 0 Å². The van der Waals surface area contributed by atoms with Crippen molar-refractivity contribution >= 4 is 23.3 Å². The first-order valence-electron chi connectivity index (χ1n) is 8.86. The van der Waals surface area contributed by atoms with Gasteiger partial charge in [-0.15, -0.1) is 0 Å². The second-order valence-electron chi connectivity index (χ2n) is 7.32. The molecule has 0 spiro atoms. The summed E-state index contributed by atoms with van der Waals surface area (Å²) >= 11 is 5.78. The standard InChI is InChI=1S/C21H23ClF3N3O/c1-12(27-18(29)14-6-8-15(22)9-7-14)5-10-16(23)13(2)21(4)17(24)11-20(3,25)19(26)28-21/h5-10,17H,2,11H2,1,3-4H3,(H2,26,28)(H,27,29)/b12-5+,16-10+/t17-,20+,21+/m0/s1. The average Bonchev–Trinajstić information content (AvgIpc) is 2.64. The second kappa shape index (κ2) is 8.45. The lowest BCUT2D eigenvalue weighted by Crippen LogP contribution is -2.52. The Labute approximate surface area is 173 Å². The molecule has 1 heterocycles. The Morgan fingerprint density at radius 2 is 1.93 bits per heavy atom. The molecule has 0 aliphatic carbocycles. The largest absolute Gasteiger partial charge is 0.385 e. The molecule has 0 bridgehead atoms. The van der Waals surface area contributed by atoms with Gasteiger partial charge in [0.15, 0.2) is 5.67 Å². The topological polar surface area (TPSA) is 67.5 Å². The Bertz CT molecular complexity index is 906. The number of nitrogens with one attached hydrogen (secondary N) is 1. The van der Waals surface area contributed by atoms with Gasteiger partial charge in [-0.3, -0.25) is 9.79 Å². The van der Waals surface area contributed by atoms with E-state index in [-0.39, 0.29) is 5.57 Å². The maximum absolute atomic E-state index is 14.6. The molecular weight excluding hydrogens is 403 g/mol. The number of carbonyl (C=O) groups is 1. The number of allylic oxidation sites excluding steroid dienone is 3. The minimum atomic E-state index is -2.10. The first kappa shape index (κ1) is 22.7.